The first-order valence-corrected chi connectivity index (χ1v) is 8.36. The van der Waals surface area contributed by atoms with Gasteiger partial charge in [0.05, 0.1) is 6.10 Å². The van der Waals surface area contributed by atoms with E-state index in [2.05, 4.69) is 4.90 Å². The molecule has 2 rings (SSSR count). The summed E-state index contributed by atoms with van der Waals surface area (Å²) >= 11 is 0. The lowest BCUT2D eigenvalue weighted by Gasteiger charge is -2.40. The molecule has 0 aromatic carbocycles. The molecule has 1 heterocycles. The van der Waals surface area contributed by atoms with Gasteiger partial charge in [-0.3, -0.25) is 0 Å². The van der Waals surface area contributed by atoms with Crippen LogP contribution < -0.4 is 0 Å². The summed E-state index contributed by atoms with van der Waals surface area (Å²) in [5, 5.41) is 18.9. The standard InChI is InChI=1S/C16H31NO2/c18-13-6-2-1-4-11-17-12-5-3-9-15(17)14-8-7-10-16(14)19/h14-16,18-19H,1-13H2. The fourth-order valence-corrected chi connectivity index (χ4v) is 3.98. The molecule has 1 saturated carbocycles. The van der Waals surface area contributed by atoms with Crippen LogP contribution in [-0.4, -0.2) is 47.0 Å². The molecule has 0 aromatic rings. The number of likely N-dealkylation sites (tertiary alicyclic amines) is 1. The molecule has 1 aliphatic carbocycles. The first kappa shape index (κ1) is 15.3. The number of aliphatic hydroxyl groups is 2. The van der Waals surface area contributed by atoms with Crippen LogP contribution in [0.4, 0.5) is 0 Å². The van der Waals surface area contributed by atoms with Crippen molar-refractivity contribution in [1.29, 1.82) is 0 Å². The Morgan fingerprint density at radius 3 is 2.47 bits per heavy atom. The summed E-state index contributed by atoms with van der Waals surface area (Å²) in [7, 11) is 0. The average molecular weight is 269 g/mol. The van der Waals surface area contributed by atoms with Crippen molar-refractivity contribution >= 4 is 0 Å². The molecule has 2 N–H and O–H groups in total. The van der Waals surface area contributed by atoms with Crippen LogP contribution in [0.25, 0.3) is 0 Å². The largest absolute Gasteiger partial charge is 0.396 e. The molecule has 19 heavy (non-hydrogen) atoms. The molecule has 1 saturated heterocycles. The van der Waals surface area contributed by atoms with Gasteiger partial charge in [0.15, 0.2) is 0 Å². The lowest BCUT2D eigenvalue weighted by atomic mass is 9.87. The maximum absolute atomic E-state index is 10.1. The second-order valence-electron chi connectivity index (χ2n) is 6.40. The van der Waals surface area contributed by atoms with Gasteiger partial charge in [0.1, 0.15) is 0 Å². The molecule has 0 amide bonds. The van der Waals surface area contributed by atoms with Crippen LogP contribution in [0.3, 0.4) is 0 Å². The molecule has 3 unspecified atom stereocenters. The van der Waals surface area contributed by atoms with Crippen molar-refractivity contribution in [3.63, 3.8) is 0 Å². The summed E-state index contributed by atoms with van der Waals surface area (Å²) in [4.78, 5) is 2.65. The van der Waals surface area contributed by atoms with Gasteiger partial charge < -0.3 is 15.1 Å². The highest BCUT2D eigenvalue weighted by atomic mass is 16.3. The van der Waals surface area contributed by atoms with E-state index in [4.69, 9.17) is 5.11 Å². The van der Waals surface area contributed by atoms with Gasteiger partial charge in [0.2, 0.25) is 0 Å². The Kier molecular flexibility index (Phi) is 6.62. The van der Waals surface area contributed by atoms with Gasteiger partial charge in [-0.1, -0.05) is 25.7 Å². The van der Waals surface area contributed by atoms with E-state index in [1.54, 1.807) is 0 Å². The van der Waals surface area contributed by atoms with E-state index in [9.17, 15) is 5.11 Å². The van der Waals surface area contributed by atoms with Crippen LogP contribution in [0.15, 0.2) is 0 Å². The minimum absolute atomic E-state index is 0.0417. The second-order valence-corrected chi connectivity index (χ2v) is 6.40. The Labute approximate surface area is 118 Å². The van der Waals surface area contributed by atoms with Crippen molar-refractivity contribution in [2.45, 2.75) is 76.4 Å². The SMILES string of the molecule is OCCCCCCN1CCCCC1C1CCCC1O. The van der Waals surface area contributed by atoms with Gasteiger partial charge in [-0.15, -0.1) is 0 Å². The average Bonchev–Trinajstić information content (AvgIpc) is 2.85. The number of aliphatic hydroxyl groups excluding tert-OH is 2. The molecule has 2 fully saturated rings. The summed E-state index contributed by atoms with van der Waals surface area (Å²) in [6.07, 6.45) is 12.0. The molecule has 0 bridgehead atoms. The Morgan fingerprint density at radius 2 is 1.74 bits per heavy atom. The van der Waals surface area contributed by atoms with Crippen LogP contribution in [0, 0.1) is 5.92 Å². The zero-order valence-electron chi connectivity index (χ0n) is 12.3. The number of hydrogen-bond acceptors (Lipinski definition) is 3. The molecule has 3 nitrogen and oxygen atoms in total. The Hall–Kier alpha value is -0.120. The number of unbranched alkanes of at least 4 members (excludes halogenated alkanes) is 3. The Morgan fingerprint density at radius 1 is 0.895 bits per heavy atom. The molecular weight excluding hydrogens is 238 g/mol. The van der Waals surface area contributed by atoms with Crippen LogP contribution >= 0.6 is 0 Å². The smallest absolute Gasteiger partial charge is 0.0583 e. The highest BCUT2D eigenvalue weighted by molar-refractivity contribution is 4.90. The molecule has 3 heteroatoms. The monoisotopic (exact) mass is 269 g/mol. The summed E-state index contributed by atoms with van der Waals surface area (Å²) in [6.45, 7) is 2.76. The Balaban J connectivity index is 1.75. The molecule has 0 aromatic heterocycles. The van der Waals surface area contributed by atoms with E-state index in [0.29, 0.717) is 18.6 Å². The van der Waals surface area contributed by atoms with Crippen molar-refractivity contribution in [2.24, 2.45) is 5.92 Å². The number of nitrogens with zero attached hydrogens (tertiary/aromatic N) is 1. The van der Waals surface area contributed by atoms with Crippen molar-refractivity contribution in [3.05, 3.63) is 0 Å². The molecule has 112 valence electrons. The first-order valence-electron chi connectivity index (χ1n) is 8.36. The number of rotatable bonds is 7. The number of piperidine rings is 1. The predicted molar refractivity (Wildman–Crippen MR) is 78.1 cm³/mol. The zero-order chi connectivity index (χ0) is 13.5. The second kappa shape index (κ2) is 8.23. The van der Waals surface area contributed by atoms with Crippen LogP contribution in [0.5, 0.6) is 0 Å². The maximum Gasteiger partial charge on any atom is 0.0583 e. The highest BCUT2D eigenvalue weighted by Gasteiger charge is 2.36. The number of hydrogen-bond donors (Lipinski definition) is 2. The molecule has 0 spiro atoms. The summed E-state index contributed by atoms with van der Waals surface area (Å²) in [5.74, 6) is 0.540. The third kappa shape index (κ3) is 4.44. The molecule has 0 radical (unpaired) electrons. The van der Waals surface area contributed by atoms with Gasteiger partial charge in [-0.25, -0.2) is 0 Å². The summed E-state index contributed by atoms with van der Waals surface area (Å²) in [5.41, 5.74) is 0. The fraction of sp³-hybridized carbons (Fsp3) is 1.00. The highest BCUT2D eigenvalue weighted by Crippen LogP contribution is 2.35. The van der Waals surface area contributed by atoms with Crippen molar-refractivity contribution in [2.75, 3.05) is 19.7 Å². The lowest BCUT2D eigenvalue weighted by molar-refractivity contribution is 0.0346. The molecule has 2 aliphatic rings. The topological polar surface area (TPSA) is 43.7 Å². The van der Waals surface area contributed by atoms with Crippen molar-refractivity contribution in [3.8, 4) is 0 Å². The van der Waals surface area contributed by atoms with E-state index in [1.165, 1.54) is 58.0 Å². The molecule has 3 atom stereocenters. The van der Waals surface area contributed by atoms with E-state index in [-0.39, 0.29) is 6.10 Å². The van der Waals surface area contributed by atoms with Gasteiger partial charge in [0.25, 0.3) is 0 Å². The van der Waals surface area contributed by atoms with Crippen LogP contribution in [-0.2, 0) is 0 Å². The summed E-state index contributed by atoms with van der Waals surface area (Å²) in [6, 6.07) is 0.643. The predicted octanol–water partition coefficient (Wildman–Crippen LogP) is 2.55. The van der Waals surface area contributed by atoms with E-state index in [0.717, 1.165) is 19.3 Å². The van der Waals surface area contributed by atoms with Gasteiger partial charge in [-0.2, -0.15) is 0 Å². The van der Waals surface area contributed by atoms with Crippen LogP contribution in [0.1, 0.15) is 64.2 Å². The minimum atomic E-state index is -0.0417. The van der Waals surface area contributed by atoms with Crippen molar-refractivity contribution < 1.29 is 10.2 Å². The van der Waals surface area contributed by atoms with E-state index < -0.39 is 0 Å². The van der Waals surface area contributed by atoms with Crippen molar-refractivity contribution in [1.82, 2.24) is 4.90 Å². The molecular formula is C16H31NO2. The first-order chi connectivity index (χ1) is 9.33. The van der Waals surface area contributed by atoms with Gasteiger partial charge >= 0.3 is 0 Å². The maximum atomic E-state index is 10.1. The third-order valence-corrected chi connectivity index (χ3v) is 5.04. The van der Waals surface area contributed by atoms with Crippen LogP contribution in [0.2, 0.25) is 0 Å². The zero-order valence-corrected chi connectivity index (χ0v) is 12.3. The quantitative estimate of drug-likeness (QED) is 0.698. The third-order valence-electron chi connectivity index (χ3n) is 5.04. The fourth-order valence-electron chi connectivity index (χ4n) is 3.98. The normalized spacial score (nSPS) is 32.8. The Bertz CT molecular complexity index is 247. The lowest BCUT2D eigenvalue weighted by Crippen LogP contribution is -2.46. The van der Waals surface area contributed by atoms with E-state index >= 15 is 0 Å². The van der Waals surface area contributed by atoms with E-state index in [1.807, 2.05) is 0 Å². The van der Waals surface area contributed by atoms with Gasteiger partial charge in [-0.05, 0) is 51.6 Å². The minimum Gasteiger partial charge on any atom is -0.396 e. The summed E-state index contributed by atoms with van der Waals surface area (Å²) < 4.78 is 0. The van der Waals surface area contributed by atoms with Gasteiger partial charge in [0, 0.05) is 18.6 Å². The molecule has 1 aliphatic heterocycles.